The van der Waals surface area contributed by atoms with Crippen LogP contribution in [0.1, 0.15) is 17.0 Å². The molecule has 0 spiro atoms. The first-order chi connectivity index (χ1) is 17.2. The van der Waals surface area contributed by atoms with Gasteiger partial charge in [-0.15, -0.1) is 5.10 Å². The van der Waals surface area contributed by atoms with E-state index in [1.54, 1.807) is 11.8 Å². The van der Waals surface area contributed by atoms with E-state index in [0.29, 0.717) is 11.7 Å². The van der Waals surface area contributed by atoms with Gasteiger partial charge in [-0.2, -0.15) is 4.68 Å². The lowest BCUT2D eigenvalue weighted by molar-refractivity contribution is -0.118. The van der Waals surface area contributed by atoms with Crippen molar-refractivity contribution in [2.45, 2.75) is 11.1 Å². The second-order valence-electron chi connectivity index (χ2n) is 7.92. The first kappa shape index (κ1) is 22.7. The summed E-state index contributed by atoms with van der Waals surface area (Å²) in [6.07, 6.45) is 2.02. The molecule has 3 aromatic carbocycles. The van der Waals surface area contributed by atoms with E-state index in [1.165, 1.54) is 11.8 Å². The monoisotopic (exact) mass is 484 g/mol. The fraction of sp³-hybridized carbons (Fsp3) is 0.154. The molecule has 0 fully saturated rings. The third kappa shape index (κ3) is 5.04. The Morgan fingerprint density at radius 3 is 2.63 bits per heavy atom. The summed E-state index contributed by atoms with van der Waals surface area (Å²) in [6, 6.07) is 25.8. The van der Waals surface area contributed by atoms with Crippen LogP contribution in [0.25, 0.3) is 16.6 Å². The Morgan fingerprint density at radius 2 is 1.83 bits per heavy atom. The van der Waals surface area contributed by atoms with Crippen LogP contribution in [0.5, 0.6) is 5.75 Å². The predicted octanol–water partition coefficient (Wildman–Crippen LogP) is 4.19. The standard InChI is InChI=1S/C26H24N6O2S/c1-34-20-13-11-18(12-14-20)22(23-16-27-24-10-6-5-9-21(23)24)15-28-25(33)17-35-26-29-30-31-32(26)19-7-3-2-4-8-19/h2-14,16,22,27H,15,17H2,1H3,(H,28,33). The molecule has 0 aliphatic rings. The van der Waals surface area contributed by atoms with E-state index in [1.807, 2.05) is 72.9 Å². The zero-order chi connectivity index (χ0) is 24.0. The van der Waals surface area contributed by atoms with Crippen LogP contribution in [0.15, 0.2) is 90.2 Å². The van der Waals surface area contributed by atoms with E-state index < -0.39 is 0 Å². The minimum absolute atomic E-state index is 0.0272. The van der Waals surface area contributed by atoms with Gasteiger partial charge < -0.3 is 15.0 Å². The minimum atomic E-state index is -0.0871. The number of rotatable bonds is 9. The van der Waals surface area contributed by atoms with Crippen LogP contribution < -0.4 is 10.1 Å². The first-order valence-electron chi connectivity index (χ1n) is 11.2. The average Bonchev–Trinajstić information content (AvgIpc) is 3.56. The lowest BCUT2D eigenvalue weighted by atomic mass is 9.91. The summed E-state index contributed by atoms with van der Waals surface area (Å²) < 4.78 is 6.95. The summed E-state index contributed by atoms with van der Waals surface area (Å²) in [7, 11) is 1.65. The van der Waals surface area contributed by atoms with Gasteiger partial charge in [-0.05, 0) is 51.9 Å². The number of amides is 1. The van der Waals surface area contributed by atoms with Gasteiger partial charge in [0.15, 0.2) is 0 Å². The Balaban J connectivity index is 1.30. The third-order valence-electron chi connectivity index (χ3n) is 5.79. The number of tetrazole rings is 1. The summed E-state index contributed by atoms with van der Waals surface area (Å²) in [6.45, 7) is 0.456. The summed E-state index contributed by atoms with van der Waals surface area (Å²) in [5.74, 6) is 0.885. The number of nitrogens with one attached hydrogen (secondary N) is 2. The Bertz CT molecular complexity index is 1410. The van der Waals surface area contributed by atoms with Gasteiger partial charge in [-0.25, -0.2) is 0 Å². The normalized spacial score (nSPS) is 11.9. The number of aromatic nitrogens is 5. The molecule has 0 saturated heterocycles. The Morgan fingerprint density at radius 1 is 1.06 bits per heavy atom. The maximum Gasteiger partial charge on any atom is 0.230 e. The molecule has 1 amide bonds. The number of fused-ring (bicyclic) bond motifs is 1. The number of hydrogen-bond donors (Lipinski definition) is 2. The van der Waals surface area contributed by atoms with Gasteiger partial charge in [0.25, 0.3) is 0 Å². The molecule has 2 heterocycles. The number of carbonyl (C=O) groups is 1. The Labute approximate surface area is 206 Å². The molecule has 1 atom stereocenters. The fourth-order valence-corrected chi connectivity index (χ4v) is 4.74. The molecule has 0 radical (unpaired) electrons. The molecule has 0 bridgehead atoms. The number of benzene rings is 3. The molecule has 9 heteroatoms. The van der Waals surface area contributed by atoms with Crippen LogP contribution in [0.4, 0.5) is 0 Å². The van der Waals surface area contributed by atoms with Gasteiger partial charge in [-0.1, -0.05) is 60.3 Å². The van der Waals surface area contributed by atoms with Gasteiger partial charge in [0, 0.05) is 29.6 Å². The van der Waals surface area contributed by atoms with E-state index in [2.05, 4.69) is 38.0 Å². The average molecular weight is 485 g/mol. The summed E-state index contributed by atoms with van der Waals surface area (Å²) >= 11 is 1.30. The van der Waals surface area contributed by atoms with Crippen molar-refractivity contribution in [3.8, 4) is 11.4 Å². The number of thioether (sulfide) groups is 1. The fourth-order valence-electron chi connectivity index (χ4n) is 4.02. The molecule has 5 rings (SSSR count). The maximum atomic E-state index is 12.8. The molecule has 176 valence electrons. The van der Waals surface area contributed by atoms with Gasteiger partial charge in [0.1, 0.15) is 5.75 Å². The molecule has 5 aromatic rings. The second kappa shape index (κ2) is 10.4. The molecule has 35 heavy (non-hydrogen) atoms. The van der Waals surface area contributed by atoms with Gasteiger partial charge >= 0.3 is 0 Å². The van der Waals surface area contributed by atoms with Crippen molar-refractivity contribution in [1.82, 2.24) is 30.5 Å². The summed E-state index contributed by atoms with van der Waals surface area (Å²) in [4.78, 5) is 16.2. The molecule has 0 aliphatic heterocycles. The van der Waals surface area contributed by atoms with Gasteiger partial charge in [-0.3, -0.25) is 4.79 Å². The van der Waals surface area contributed by atoms with Crippen molar-refractivity contribution in [1.29, 1.82) is 0 Å². The number of hydrogen-bond acceptors (Lipinski definition) is 6. The Hall–Kier alpha value is -4.11. The highest BCUT2D eigenvalue weighted by atomic mass is 32.2. The molecule has 8 nitrogen and oxygen atoms in total. The van der Waals surface area contributed by atoms with Crippen LogP contribution in [0, 0.1) is 0 Å². The summed E-state index contributed by atoms with van der Waals surface area (Å²) in [5, 5.41) is 16.7. The largest absolute Gasteiger partial charge is 0.497 e. The van der Waals surface area contributed by atoms with Crippen LogP contribution in [0.2, 0.25) is 0 Å². The van der Waals surface area contributed by atoms with Crippen molar-refractivity contribution in [2.75, 3.05) is 19.4 Å². The summed E-state index contributed by atoms with van der Waals surface area (Å²) in [5.41, 5.74) is 4.14. The zero-order valence-corrected chi connectivity index (χ0v) is 19.9. The number of nitrogens with zero attached hydrogens (tertiary/aromatic N) is 4. The van der Waals surface area contributed by atoms with Gasteiger partial charge in [0.2, 0.25) is 11.1 Å². The van der Waals surface area contributed by atoms with Crippen molar-refractivity contribution >= 4 is 28.6 Å². The number of aromatic amines is 1. The van der Waals surface area contributed by atoms with Crippen LogP contribution in [-0.4, -0.2) is 50.5 Å². The highest BCUT2D eigenvalue weighted by Gasteiger charge is 2.20. The predicted molar refractivity (Wildman–Crippen MR) is 136 cm³/mol. The zero-order valence-electron chi connectivity index (χ0n) is 19.1. The Kier molecular flexibility index (Phi) is 6.76. The number of para-hydroxylation sites is 2. The SMILES string of the molecule is COc1ccc(C(CNC(=O)CSc2nnnn2-c2ccccc2)c2c[nH]c3ccccc23)cc1. The number of ether oxygens (including phenoxy) is 1. The van der Waals surface area contributed by atoms with E-state index >= 15 is 0 Å². The minimum Gasteiger partial charge on any atom is -0.497 e. The molecule has 0 saturated carbocycles. The van der Waals surface area contributed by atoms with Crippen molar-refractivity contribution in [3.63, 3.8) is 0 Å². The van der Waals surface area contributed by atoms with E-state index in [4.69, 9.17) is 4.74 Å². The van der Waals surface area contributed by atoms with Crippen molar-refractivity contribution in [3.05, 3.63) is 96.2 Å². The van der Waals surface area contributed by atoms with Crippen molar-refractivity contribution < 1.29 is 9.53 Å². The third-order valence-corrected chi connectivity index (χ3v) is 6.71. The van der Waals surface area contributed by atoms with Crippen LogP contribution in [-0.2, 0) is 4.79 Å². The molecule has 2 aromatic heterocycles. The number of H-pyrrole nitrogens is 1. The number of methoxy groups -OCH3 is 1. The highest BCUT2D eigenvalue weighted by molar-refractivity contribution is 7.99. The quantitative estimate of drug-likeness (QED) is 0.305. The molecular weight excluding hydrogens is 460 g/mol. The van der Waals surface area contributed by atoms with Crippen LogP contribution in [0.3, 0.4) is 0 Å². The highest BCUT2D eigenvalue weighted by Crippen LogP contribution is 2.31. The van der Waals surface area contributed by atoms with Gasteiger partial charge in [0.05, 0.1) is 18.6 Å². The lowest BCUT2D eigenvalue weighted by Crippen LogP contribution is -2.30. The van der Waals surface area contributed by atoms with Crippen LogP contribution >= 0.6 is 11.8 Å². The van der Waals surface area contributed by atoms with E-state index in [9.17, 15) is 4.79 Å². The molecule has 2 N–H and O–H groups in total. The topological polar surface area (TPSA) is 97.7 Å². The van der Waals surface area contributed by atoms with Crippen molar-refractivity contribution in [2.24, 2.45) is 0 Å². The molecule has 1 unspecified atom stereocenters. The number of carbonyl (C=O) groups excluding carboxylic acids is 1. The maximum absolute atomic E-state index is 12.8. The molecular formula is C26H24N6O2S. The lowest BCUT2D eigenvalue weighted by Gasteiger charge is -2.18. The smallest absolute Gasteiger partial charge is 0.230 e. The van der Waals surface area contributed by atoms with E-state index in [0.717, 1.165) is 33.5 Å². The van der Waals surface area contributed by atoms with E-state index in [-0.39, 0.29) is 17.6 Å². The first-order valence-corrected chi connectivity index (χ1v) is 12.1. The second-order valence-corrected chi connectivity index (χ2v) is 8.86. The molecule has 0 aliphatic carbocycles.